The predicted molar refractivity (Wildman–Crippen MR) is 106 cm³/mol. The third-order valence-corrected chi connectivity index (χ3v) is 5.59. The molecule has 3 heterocycles. The number of rotatable bonds is 3. The van der Waals surface area contributed by atoms with Crippen LogP contribution in [0, 0.1) is 19.7 Å². The molecule has 0 saturated heterocycles. The van der Waals surface area contributed by atoms with Gasteiger partial charge in [0, 0.05) is 36.1 Å². The molecule has 0 atom stereocenters. The van der Waals surface area contributed by atoms with E-state index in [0.29, 0.717) is 21.8 Å². The zero-order chi connectivity index (χ0) is 19.1. The SMILES string of the molecule is Cc1cc(F)ccc1NC(=O)c1sc(-c2cn(C)c3ncccc23)nc1C. The molecule has 1 aromatic carbocycles. The molecule has 0 spiro atoms. The summed E-state index contributed by atoms with van der Waals surface area (Å²) in [6, 6.07) is 8.17. The summed E-state index contributed by atoms with van der Waals surface area (Å²) in [6.07, 6.45) is 3.73. The minimum absolute atomic E-state index is 0.246. The van der Waals surface area contributed by atoms with Gasteiger partial charge in [0.2, 0.25) is 0 Å². The maximum Gasteiger partial charge on any atom is 0.267 e. The van der Waals surface area contributed by atoms with Crippen molar-refractivity contribution in [1.82, 2.24) is 14.5 Å². The monoisotopic (exact) mass is 380 g/mol. The Balaban J connectivity index is 1.69. The van der Waals surface area contributed by atoms with Crippen molar-refractivity contribution >= 4 is 34.0 Å². The number of carbonyl (C=O) groups is 1. The summed E-state index contributed by atoms with van der Waals surface area (Å²) in [5.41, 5.74) is 3.74. The Morgan fingerprint density at radius 2 is 2.07 bits per heavy atom. The molecule has 5 nitrogen and oxygen atoms in total. The number of thiazole rings is 1. The van der Waals surface area contributed by atoms with E-state index < -0.39 is 0 Å². The van der Waals surface area contributed by atoms with Crippen molar-refractivity contribution in [1.29, 1.82) is 0 Å². The molecule has 4 aromatic rings. The second-order valence-electron chi connectivity index (χ2n) is 6.38. The Hall–Kier alpha value is -3.06. The number of fused-ring (bicyclic) bond motifs is 1. The van der Waals surface area contributed by atoms with Gasteiger partial charge in [-0.25, -0.2) is 14.4 Å². The zero-order valence-corrected chi connectivity index (χ0v) is 15.9. The first kappa shape index (κ1) is 17.4. The Labute approximate surface area is 159 Å². The molecular weight excluding hydrogens is 363 g/mol. The minimum atomic E-state index is -0.327. The van der Waals surface area contributed by atoms with Gasteiger partial charge in [0.15, 0.2) is 0 Å². The number of benzene rings is 1. The number of aromatic nitrogens is 3. The maximum absolute atomic E-state index is 13.3. The van der Waals surface area contributed by atoms with Gasteiger partial charge in [-0.3, -0.25) is 4.79 Å². The van der Waals surface area contributed by atoms with Crippen molar-refractivity contribution in [2.75, 3.05) is 5.32 Å². The van der Waals surface area contributed by atoms with E-state index in [9.17, 15) is 9.18 Å². The van der Waals surface area contributed by atoms with Gasteiger partial charge in [0.1, 0.15) is 21.3 Å². The number of nitrogens with one attached hydrogen (secondary N) is 1. The number of pyridine rings is 1. The number of hydrogen-bond acceptors (Lipinski definition) is 4. The van der Waals surface area contributed by atoms with Crippen LogP contribution in [-0.2, 0) is 7.05 Å². The third-order valence-electron chi connectivity index (χ3n) is 4.40. The van der Waals surface area contributed by atoms with Gasteiger partial charge in [-0.1, -0.05) is 0 Å². The second-order valence-corrected chi connectivity index (χ2v) is 7.37. The Kier molecular flexibility index (Phi) is 4.24. The lowest BCUT2D eigenvalue weighted by molar-refractivity contribution is 0.102. The lowest BCUT2D eigenvalue weighted by atomic mass is 10.2. The van der Waals surface area contributed by atoms with Crippen LogP contribution in [-0.4, -0.2) is 20.4 Å². The topological polar surface area (TPSA) is 59.8 Å². The van der Waals surface area contributed by atoms with Crippen molar-refractivity contribution in [3.05, 3.63) is 64.7 Å². The van der Waals surface area contributed by atoms with Gasteiger partial charge in [0.05, 0.1) is 5.69 Å². The van der Waals surface area contributed by atoms with E-state index in [1.165, 1.54) is 23.5 Å². The summed E-state index contributed by atoms with van der Waals surface area (Å²) >= 11 is 1.34. The molecular formula is C20H17FN4OS. The largest absolute Gasteiger partial charge is 0.335 e. The van der Waals surface area contributed by atoms with E-state index >= 15 is 0 Å². The molecule has 0 bridgehead atoms. The quantitative estimate of drug-likeness (QED) is 0.560. The van der Waals surface area contributed by atoms with Crippen LogP contribution in [0.3, 0.4) is 0 Å². The van der Waals surface area contributed by atoms with Crippen molar-refractivity contribution < 1.29 is 9.18 Å². The smallest absolute Gasteiger partial charge is 0.267 e. The van der Waals surface area contributed by atoms with Gasteiger partial charge in [-0.15, -0.1) is 11.3 Å². The van der Waals surface area contributed by atoms with Gasteiger partial charge in [-0.05, 0) is 49.7 Å². The van der Waals surface area contributed by atoms with Gasteiger partial charge >= 0.3 is 0 Å². The summed E-state index contributed by atoms with van der Waals surface area (Å²) in [6.45, 7) is 3.57. The van der Waals surface area contributed by atoms with Crippen LogP contribution in [0.4, 0.5) is 10.1 Å². The Morgan fingerprint density at radius 1 is 1.26 bits per heavy atom. The van der Waals surface area contributed by atoms with E-state index in [1.807, 2.05) is 36.9 Å². The van der Waals surface area contributed by atoms with Gasteiger partial charge in [-0.2, -0.15) is 0 Å². The molecule has 0 unspecified atom stereocenters. The van der Waals surface area contributed by atoms with Crippen LogP contribution >= 0.6 is 11.3 Å². The van der Waals surface area contributed by atoms with Crippen LogP contribution in [0.25, 0.3) is 21.6 Å². The number of anilines is 1. The Morgan fingerprint density at radius 3 is 2.85 bits per heavy atom. The molecule has 1 N–H and O–H groups in total. The van der Waals surface area contributed by atoms with Gasteiger partial charge < -0.3 is 9.88 Å². The predicted octanol–water partition coefficient (Wildman–Crippen LogP) is 4.71. The fourth-order valence-corrected chi connectivity index (χ4v) is 4.04. The van der Waals surface area contributed by atoms with E-state index in [0.717, 1.165) is 21.6 Å². The number of nitrogens with zero attached hydrogens (tertiary/aromatic N) is 3. The first-order valence-electron chi connectivity index (χ1n) is 8.39. The molecule has 0 fully saturated rings. The standard InChI is InChI=1S/C20H17FN4OS/c1-11-9-13(21)6-7-16(11)24-19(26)17-12(2)23-20(27-17)15-10-25(3)18-14(15)5-4-8-22-18/h4-10H,1-3H3,(H,24,26). The van der Waals surface area contributed by atoms with E-state index in [2.05, 4.69) is 15.3 Å². The van der Waals surface area contributed by atoms with Crippen molar-refractivity contribution in [3.8, 4) is 10.6 Å². The number of halogens is 1. The molecule has 4 rings (SSSR count). The number of aryl methyl sites for hydroxylation is 3. The molecule has 27 heavy (non-hydrogen) atoms. The molecule has 0 aliphatic heterocycles. The molecule has 0 radical (unpaired) electrons. The van der Waals surface area contributed by atoms with Crippen molar-refractivity contribution in [2.24, 2.45) is 7.05 Å². The van der Waals surface area contributed by atoms with Crippen LogP contribution < -0.4 is 5.32 Å². The highest BCUT2D eigenvalue weighted by atomic mass is 32.1. The minimum Gasteiger partial charge on any atom is -0.335 e. The van der Waals surface area contributed by atoms with Crippen LogP contribution in [0.15, 0.2) is 42.7 Å². The van der Waals surface area contributed by atoms with Crippen molar-refractivity contribution in [2.45, 2.75) is 13.8 Å². The lowest BCUT2D eigenvalue weighted by Gasteiger charge is -2.07. The molecule has 0 aliphatic rings. The highest BCUT2D eigenvalue weighted by Gasteiger charge is 2.19. The first-order valence-corrected chi connectivity index (χ1v) is 9.21. The normalized spacial score (nSPS) is 11.1. The summed E-state index contributed by atoms with van der Waals surface area (Å²) < 4.78 is 15.2. The number of hydrogen-bond donors (Lipinski definition) is 1. The average molecular weight is 380 g/mol. The van der Waals surface area contributed by atoms with Crippen molar-refractivity contribution in [3.63, 3.8) is 0 Å². The van der Waals surface area contributed by atoms with E-state index in [-0.39, 0.29) is 11.7 Å². The molecule has 3 aromatic heterocycles. The summed E-state index contributed by atoms with van der Waals surface area (Å²) in [4.78, 5) is 22.3. The van der Waals surface area contributed by atoms with Crippen LogP contribution in [0.5, 0.6) is 0 Å². The zero-order valence-electron chi connectivity index (χ0n) is 15.1. The maximum atomic E-state index is 13.3. The number of amides is 1. The lowest BCUT2D eigenvalue weighted by Crippen LogP contribution is -2.12. The molecule has 0 aliphatic carbocycles. The fraction of sp³-hybridized carbons (Fsp3) is 0.150. The molecule has 1 amide bonds. The number of carbonyl (C=O) groups excluding carboxylic acids is 1. The highest BCUT2D eigenvalue weighted by molar-refractivity contribution is 7.17. The Bertz CT molecular complexity index is 1180. The molecule has 0 saturated carbocycles. The van der Waals surface area contributed by atoms with Crippen LogP contribution in [0.1, 0.15) is 20.9 Å². The van der Waals surface area contributed by atoms with E-state index in [4.69, 9.17) is 0 Å². The van der Waals surface area contributed by atoms with Gasteiger partial charge in [0.25, 0.3) is 5.91 Å². The summed E-state index contributed by atoms with van der Waals surface area (Å²) in [5.74, 6) is -0.573. The summed E-state index contributed by atoms with van der Waals surface area (Å²) in [5, 5.41) is 4.61. The molecule has 7 heteroatoms. The summed E-state index contributed by atoms with van der Waals surface area (Å²) in [7, 11) is 1.93. The molecule has 136 valence electrons. The second kappa shape index (κ2) is 6.59. The highest BCUT2D eigenvalue weighted by Crippen LogP contribution is 2.34. The third kappa shape index (κ3) is 3.10. The van der Waals surface area contributed by atoms with Crippen LogP contribution in [0.2, 0.25) is 0 Å². The fourth-order valence-electron chi connectivity index (χ4n) is 3.05. The average Bonchev–Trinajstić information content (AvgIpc) is 3.18. The first-order chi connectivity index (χ1) is 12.9. The van der Waals surface area contributed by atoms with E-state index in [1.54, 1.807) is 19.2 Å².